The summed E-state index contributed by atoms with van der Waals surface area (Å²) in [4.78, 5) is 4.70. The number of nitrogens with zero attached hydrogens (tertiary/aromatic N) is 1. The van der Waals surface area contributed by atoms with Gasteiger partial charge in [0.05, 0.1) is 25.9 Å². The summed E-state index contributed by atoms with van der Waals surface area (Å²) in [5.74, 6) is 2.40. The van der Waals surface area contributed by atoms with Crippen LogP contribution in [-0.4, -0.2) is 52.1 Å². The Morgan fingerprint density at radius 1 is 1.26 bits per heavy atom. The number of aliphatic imine (C=N–C) groups is 1. The number of benzene rings is 1. The fourth-order valence-electron chi connectivity index (χ4n) is 3.30. The number of hydrogen-bond acceptors (Lipinski definition) is 4. The Hall–Kier alpha value is -1.06. The average Bonchev–Trinajstić information content (AvgIpc) is 3.18. The quantitative estimate of drug-likeness (QED) is 0.254. The van der Waals surface area contributed by atoms with Gasteiger partial charge >= 0.3 is 0 Å². The Kier molecular flexibility index (Phi) is 10.2. The summed E-state index contributed by atoms with van der Waals surface area (Å²) >= 11 is 0. The molecule has 0 bridgehead atoms. The van der Waals surface area contributed by atoms with Gasteiger partial charge in [-0.1, -0.05) is 18.2 Å². The Balaban J connectivity index is 0.00000261. The van der Waals surface area contributed by atoms with Crippen LogP contribution in [0.25, 0.3) is 0 Å². The molecular weight excluding hydrogens is 457 g/mol. The van der Waals surface area contributed by atoms with Gasteiger partial charge in [0.25, 0.3) is 0 Å². The van der Waals surface area contributed by atoms with Gasteiger partial charge in [-0.05, 0) is 25.8 Å². The van der Waals surface area contributed by atoms with Gasteiger partial charge in [0.15, 0.2) is 5.96 Å². The van der Waals surface area contributed by atoms with Gasteiger partial charge in [-0.15, -0.1) is 24.0 Å². The second-order valence-corrected chi connectivity index (χ2v) is 6.79. The number of fused-ring (bicyclic) bond motifs is 1. The number of hydrogen-bond donors (Lipinski definition) is 2. The molecule has 152 valence electrons. The standard InChI is InChI=1S/C20H31N3O3.HI/c1-2-21-20(22-10-5-11-24-14-16-8-12-25-15-16)23-18-9-13-26-19-7-4-3-6-17(18)19;/h3-4,6-7,16,18H,2,5,8-15H2,1H3,(H2,21,22,23);1H. The van der Waals surface area contributed by atoms with Crippen molar-refractivity contribution in [3.8, 4) is 5.75 Å². The molecule has 2 aliphatic rings. The van der Waals surface area contributed by atoms with Crippen LogP contribution in [-0.2, 0) is 9.47 Å². The van der Waals surface area contributed by atoms with Crippen LogP contribution in [0.5, 0.6) is 5.75 Å². The van der Waals surface area contributed by atoms with Crippen LogP contribution >= 0.6 is 24.0 Å². The molecule has 2 aliphatic heterocycles. The first-order valence-electron chi connectivity index (χ1n) is 9.79. The number of para-hydroxylation sites is 1. The number of rotatable bonds is 8. The van der Waals surface area contributed by atoms with E-state index in [1.54, 1.807) is 0 Å². The first kappa shape index (κ1) is 22.2. The molecule has 0 amide bonds. The molecule has 1 fully saturated rings. The van der Waals surface area contributed by atoms with Gasteiger partial charge in [0, 0.05) is 44.2 Å². The summed E-state index contributed by atoms with van der Waals surface area (Å²) in [5, 5.41) is 6.89. The Bertz CT molecular complexity index is 579. The van der Waals surface area contributed by atoms with E-state index in [2.05, 4.69) is 29.7 Å². The van der Waals surface area contributed by atoms with Crippen molar-refractivity contribution in [3.63, 3.8) is 0 Å². The summed E-state index contributed by atoms with van der Waals surface area (Å²) < 4.78 is 16.8. The zero-order chi connectivity index (χ0) is 18.0. The van der Waals surface area contributed by atoms with E-state index >= 15 is 0 Å². The van der Waals surface area contributed by atoms with Crippen molar-refractivity contribution in [1.82, 2.24) is 10.6 Å². The molecule has 2 unspecified atom stereocenters. The minimum atomic E-state index is 0. The van der Waals surface area contributed by atoms with Gasteiger partial charge in [-0.2, -0.15) is 0 Å². The third kappa shape index (κ3) is 7.12. The summed E-state index contributed by atoms with van der Waals surface area (Å²) in [6.07, 6.45) is 2.99. The number of guanidine groups is 1. The van der Waals surface area contributed by atoms with E-state index in [9.17, 15) is 0 Å². The molecule has 27 heavy (non-hydrogen) atoms. The molecule has 2 N–H and O–H groups in total. The monoisotopic (exact) mass is 489 g/mol. The lowest BCUT2D eigenvalue weighted by molar-refractivity contribution is 0.0893. The van der Waals surface area contributed by atoms with E-state index < -0.39 is 0 Å². The maximum absolute atomic E-state index is 5.75. The first-order valence-corrected chi connectivity index (χ1v) is 9.79. The molecule has 0 saturated carbocycles. The van der Waals surface area contributed by atoms with E-state index in [1.807, 2.05) is 12.1 Å². The second-order valence-electron chi connectivity index (χ2n) is 6.79. The molecule has 1 saturated heterocycles. The highest BCUT2D eigenvalue weighted by Crippen LogP contribution is 2.31. The Morgan fingerprint density at radius 3 is 2.96 bits per heavy atom. The predicted octanol–water partition coefficient (Wildman–Crippen LogP) is 3.13. The SMILES string of the molecule is CCNC(=NCCCOCC1CCOC1)NC1CCOc2ccccc21.I. The van der Waals surface area contributed by atoms with Crippen molar-refractivity contribution in [3.05, 3.63) is 29.8 Å². The Morgan fingerprint density at radius 2 is 2.15 bits per heavy atom. The first-order chi connectivity index (χ1) is 12.9. The fourth-order valence-corrected chi connectivity index (χ4v) is 3.30. The third-order valence-corrected chi connectivity index (χ3v) is 4.71. The van der Waals surface area contributed by atoms with E-state index in [0.717, 1.165) is 77.1 Å². The van der Waals surface area contributed by atoms with Crippen LogP contribution < -0.4 is 15.4 Å². The summed E-state index contributed by atoms with van der Waals surface area (Å²) in [7, 11) is 0. The highest BCUT2D eigenvalue weighted by atomic mass is 127. The van der Waals surface area contributed by atoms with Crippen molar-refractivity contribution in [2.45, 2.75) is 32.2 Å². The number of nitrogens with one attached hydrogen (secondary N) is 2. The largest absolute Gasteiger partial charge is 0.493 e. The summed E-state index contributed by atoms with van der Waals surface area (Å²) in [6.45, 7) is 7.69. The molecule has 6 nitrogen and oxygen atoms in total. The molecule has 1 aromatic rings. The topological polar surface area (TPSA) is 64.1 Å². The zero-order valence-corrected chi connectivity index (χ0v) is 18.4. The van der Waals surface area contributed by atoms with E-state index in [4.69, 9.17) is 19.2 Å². The minimum Gasteiger partial charge on any atom is -0.493 e. The predicted molar refractivity (Wildman–Crippen MR) is 118 cm³/mol. The second kappa shape index (κ2) is 12.4. The van der Waals surface area contributed by atoms with E-state index in [1.165, 1.54) is 5.56 Å². The molecule has 0 radical (unpaired) electrons. The van der Waals surface area contributed by atoms with Crippen LogP contribution in [0.2, 0.25) is 0 Å². The van der Waals surface area contributed by atoms with Gasteiger partial charge in [-0.25, -0.2) is 0 Å². The smallest absolute Gasteiger partial charge is 0.191 e. The van der Waals surface area contributed by atoms with E-state index in [0.29, 0.717) is 5.92 Å². The van der Waals surface area contributed by atoms with Gasteiger partial charge in [0.1, 0.15) is 5.75 Å². The maximum Gasteiger partial charge on any atom is 0.191 e. The maximum atomic E-state index is 5.75. The van der Waals surface area contributed by atoms with E-state index in [-0.39, 0.29) is 30.0 Å². The summed E-state index contributed by atoms with van der Waals surface area (Å²) in [6, 6.07) is 8.45. The van der Waals surface area contributed by atoms with Gasteiger partial charge < -0.3 is 24.8 Å². The van der Waals surface area contributed by atoms with Crippen LogP contribution in [0.4, 0.5) is 0 Å². The lowest BCUT2D eigenvalue weighted by atomic mass is 10.0. The molecule has 7 heteroatoms. The van der Waals surface area contributed by atoms with Crippen molar-refractivity contribution in [1.29, 1.82) is 0 Å². The molecule has 0 aromatic heterocycles. The molecule has 1 aromatic carbocycles. The number of ether oxygens (including phenoxy) is 3. The highest BCUT2D eigenvalue weighted by molar-refractivity contribution is 14.0. The molecule has 2 heterocycles. The van der Waals surface area contributed by atoms with Crippen molar-refractivity contribution < 1.29 is 14.2 Å². The number of halogens is 1. The average molecular weight is 489 g/mol. The zero-order valence-electron chi connectivity index (χ0n) is 16.1. The van der Waals surface area contributed by atoms with Crippen molar-refractivity contribution in [2.75, 3.05) is 46.1 Å². The van der Waals surface area contributed by atoms with Crippen molar-refractivity contribution >= 4 is 29.9 Å². The van der Waals surface area contributed by atoms with Crippen LogP contribution in [0, 0.1) is 5.92 Å². The molecular formula is C20H32IN3O3. The van der Waals surface area contributed by atoms with Gasteiger partial charge in [-0.3, -0.25) is 4.99 Å². The molecule has 0 aliphatic carbocycles. The van der Waals surface area contributed by atoms with Crippen molar-refractivity contribution in [2.24, 2.45) is 10.9 Å². The highest BCUT2D eigenvalue weighted by Gasteiger charge is 2.21. The lowest BCUT2D eigenvalue weighted by Gasteiger charge is -2.28. The molecule has 2 atom stereocenters. The fraction of sp³-hybridized carbons (Fsp3) is 0.650. The third-order valence-electron chi connectivity index (χ3n) is 4.71. The van der Waals surface area contributed by atoms with Crippen LogP contribution in [0.1, 0.15) is 37.8 Å². The minimum absolute atomic E-state index is 0. The van der Waals surface area contributed by atoms with Crippen LogP contribution in [0.3, 0.4) is 0 Å². The lowest BCUT2D eigenvalue weighted by Crippen LogP contribution is -2.41. The molecule has 0 spiro atoms. The summed E-state index contributed by atoms with van der Waals surface area (Å²) in [5.41, 5.74) is 1.20. The van der Waals surface area contributed by atoms with Crippen LogP contribution in [0.15, 0.2) is 29.3 Å². The Labute approximate surface area is 179 Å². The normalized spacial score (nSPS) is 21.7. The molecule has 3 rings (SSSR count). The van der Waals surface area contributed by atoms with Gasteiger partial charge in [0.2, 0.25) is 0 Å².